The van der Waals surface area contributed by atoms with E-state index < -0.39 is 0 Å². The van der Waals surface area contributed by atoms with Crippen molar-refractivity contribution in [3.63, 3.8) is 0 Å². The average molecular weight is 342 g/mol. The molecule has 130 valence electrons. The molecule has 1 aliphatic carbocycles. The van der Waals surface area contributed by atoms with Gasteiger partial charge in [0, 0.05) is 17.9 Å². The lowest BCUT2D eigenvalue weighted by Crippen LogP contribution is -2.01. The number of hydrogen-bond acceptors (Lipinski definition) is 2. The lowest BCUT2D eigenvalue weighted by atomic mass is 9.93. The van der Waals surface area contributed by atoms with Crippen molar-refractivity contribution in [3.05, 3.63) is 101 Å². The van der Waals surface area contributed by atoms with Crippen molar-refractivity contribution in [1.29, 1.82) is 0 Å². The van der Waals surface area contributed by atoms with Gasteiger partial charge in [-0.05, 0) is 41.7 Å². The molecule has 0 heterocycles. The predicted octanol–water partition coefficient (Wildman–Crippen LogP) is 5.42. The number of aryl methyl sites for hydroxylation is 1. The summed E-state index contributed by atoms with van der Waals surface area (Å²) in [6, 6.07) is 26.7. The van der Waals surface area contributed by atoms with E-state index in [-0.39, 0.29) is 11.7 Å². The molecular weight excluding hydrogens is 320 g/mol. The van der Waals surface area contributed by atoms with Gasteiger partial charge in [0.05, 0.1) is 6.61 Å². The molecule has 0 saturated carbocycles. The minimum atomic E-state index is 0.172. The van der Waals surface area contributed by atoms with Gasteiger partial charge in [-0.3, -0.25) is 4.79 Å². The van der Waals surface area contributed by atoms with Crippen LogP contribution < -0.4 is 4.74 Å². The first-order chi connectivity index (χ1) is 12.8. The molecule has 3 aromatic rings. The highest BCUT2D eigenvalue weighted by atomic mass is 16.5. The summed E-state index contributed by atoms with van der Waals surface area (Å²) in [5.74, 6) is 1.17. The quantitative estimate of drug-likeness (QED) is 0.559. The second-order valence-corrected chi connectivity index (χ2v) is 6.78. The monoisotopic (exact) mass is 342 g/mol. The van der Waals surface area contributed by atoms with Gasteiger partial charge in [0.1, 0.15) is 5.75 Å². The SMILES string of the molecule is O=C1CC(c2ccccc2)c2ccc(OCCCc3ccccc3)cc21. The fraction of sp³-hybridized carbons (Fsp3) is 0.208. The Morgan fingerprint density at radius 2 is 1.62 bits per heavy atom. The van der Waals surface area contributed by atoms with Gasteiger partial charge in [-0.1, -0.05) is 66.7 Å². The molecule has 0 spiro atoms. The summed E-state index contributed by atoms with van der Waals surface area (Å²) in [5.41, 5.74) is 4.47. The van der Waals surface area contributed by atoms with Crippen LogP contribution in [-0.4, -0.2) is 12.4 Å². The Balaban J connectivity index is 1.41. The summed E-state index contributed by atoms with van der Waals surface area (Å²) < 4.78 is 5.89. The van der Waals surface area contributed by atoms with Gasteiger partial charge in [-0.25, -0.2) is 0 Å². The maximum atomic E-state index is 12.5. The van der Waals surface area contributed by atoms with Gasteiger partial charge in [0.15, 0.2) is 5.78 Å². The maximum absolute atomic E-state index is 12.5. The normalized spacial score (nSPS) is 15.7. The van der Waals surface area contributed by atoms with Gasteiger partial charge in [0.2, 0.25) is 0 Å². The second kappa shape index (κ2) is 7.57. The number of Topliss-reactive ketones (excluding diaryl/α,β-unsaturated/α-hetero) is 1. The highest BCUT2D eigenvalue weighted by molar-refractivity contribution is 6.02. The molecule has 0 radical (unpaired) electrons. The van der Waals surface area contributed by atoms with Crippen LogP contribution >= 0.6 is 0 Å². The molecule has 1 unspecified atom stereocenters. The van der Waals surface area contributed by atoms with Crippen LogP contribution in [0.15, 0.2) is 78.9 Å². The molecular formula is C24H22O2. The molecule has 0 saturated heterocycles. The van der Waals surface area contributed by atoms with E-state index in [4.69, 9.17) is 4.74 Å². The third-order valence-electron chi connectivity index (χ3n) is 5.01. The Hall–Kier alpha value is -2.87. The molecule has 0 fully saturated rings. The Kier molecular flexibility index (Phi) is 4.83. The lowest BCUT2D eigenvalue weighted by Gasteiger charge is -2.12. The molecule has 4 rings (SSSR count). The molecule has 0 N–H and O–H groups in total. The van der Waals surface area contributed by atoms with Crippen LogP contribution in [0.1, 0.15) is 45.8 Å². The van der Waals surface area contributed by atoms with Gasteiger partial charge >= 0.3 is 0 Å². The minimum absolute atomic E-state index is 0.172. The fourth-order valence-corrected chi connectivity index (χ4v) is 3.67. The first kappa shape index (κ1) is 16.6. The van der Waals surface area contributed by atoms with Gasteiger partial charge in [-0.15, -0.1) is 0 Å². The van der Waals surface area contributed by atoms with Crippen LogP contribution in [0.2, 0.25) is 0 Å². The van der Waals surface area contributed by atoms with Gasteiger partial charge in [0.25, 0.3) is 0 Å². The van der Waals surface area contributed by atoms with Crippen molar-refractivity contribution in [3.8, 4) is 5.75 Å². The van der Waals surface area contributed by atoms with E-state index in [1.54, 1.807) is 0 Å². The van der Waals surface area contributed by atoms with E-state index in [9.17, 15) is 4.79 Å². The fourth-order valence-electron chi connectivity index (χ4n) is 3.67. The topological polar surface area (TPSA) is 26.3 Å². The van der Waals surface area contributed by atoms with Crippen LogP contribution in [0.4, 0.5) is 0 Å². The number of carbonyl (C=O) groups excluding carboxylic acids is 1. The molecule has 0 bridgehead atoms. The highest BCUT2D eigenvalue weighted by Gasteiger charge is 2.30. The van der Waals surface area contributed by atoms with E-state index in [2.05, 4.69) is 42.5 Å². The minimum Gasteiger partial charge on any atom is -0.494 e. The summed E-state index contributed by atoms with van der Waals surface area (Å²) >= 11 is 0. The average Bonchev–Trinajstić information content (AvgIpc) is 3.03. The standard InChI is InChI=1S/C24H22O2/c25-24-17-22(19-11-5-2-6-12-19)21-14-13-20(16-23(21)24)26-15-7-10-18-8-3-1-4-9-18/h1-6,8-9,11-14,16,22H,7,10,15,17H2. The second-order valence-electron chi connectivity index (χ2n) is 6.78. The maximum Gasteiger partial charge on any atom is 0.164 e. The molecule has 1 atom stereocenters. The van der Waals surface area contributed by atoms with E-state index in [1.807, 2.05) is 36.4 Å². The van der Waals surface area contributed by atoms with Crippen LogP contribution in [-0.2, 0) is 6.42 Å². The Morgan fingerprint density at radius 1 is 0.885 bits per heavy atom. The number of fused-ring (bicyclic) bond motifs is 1. The number of rotatable bonds is 6. The molecule has 0 aliphatic heterocycles. The summed E-state index contributed by atoms with van der Waals surface area (Å²) in [6.45, 7) is 0.657. The molecule has 26 heavy (non-hydrogen) atoms. The van der Waals surface area contributed by atoms with Crippen LogP contribution in [0, 0.1) is 0 Å². The van der Waals surface area contributed by atoms with E-state index >= 15 is 0 Å². The third-order valence-corrected chi connectivity index (χ3v) is 5.01. The Bertz CT molecular complexity index is 885. The molecule has 3 aromatic carbocycles. The zero-order chi connectivity index (χ0) is 17.8. The van der Waals surface area contributed by atoms with Crippen molar-refractivity contribution in [2.75, 3.05) is 6.61 Å². The largest absolute Gasteiger partial charge is 0.494 e. The number of hydrogen-bond donors (Lipinski definition) is 0. The Labute approximate surface area is 154 Å². The molecule has 0 aromatic heterocycles. The number of ketones is 1. The number of ether oxygens (including phenoxy) is 1. The van der Waals surface area contributed by atoms with Crippen molar-refractivity contribution in [1.82, 2.24) is 0 Å². The number of benzene rings is 3. The first-order valence-electron chi connectivity index (χ1n) is 9.20. The molecule has 2 heteroatoms. The highest BCUT2D eigenvalue weighted by Crippen LogP contribution is 2.39. The van der Waals surface area contributed by atoms with Crippen molar-refractivity contribution < 1.29 is 9.53 Å². The summed E-state index contributed by atoms with van der Waals surface area (Å²) in [6.07, 6.45) is 2.51. The van der Waals surface area contributed by atoms with E-state index in [1.165, 1.54) is 11.1 Å². The van der Waals surface area contributed by atoms with Gasteiger partial charge < -0.3 is 4.74 Å². The van der Waals surface area contributed by atoms with E-state index in [0.717, 1.165) is 29.7 Å². The predicted molar refractivity (Wildman–Crippen MR) is 104 cm³/mol. The summed E-state index contributed by atoms with van der Waals surface area (Å²) in [7, 11) is 0. The van der Waals surface area contributed by atoms with Crippen LogP contribution in [0.25, 0.3) is 0 Å². The molecule has 2 nitrogen and oxygen atoms in total. The van der Waals surface area contributed by atoms with Crippen molar-refractivity contribution in [2.45, 2.75) is 25.2 Å². The van der Waals surface area contributed by atoms with Gasteiger partial charge in [-0.2, -0.15) is 0 Å². The van der Waals surface area contributed by atoms with E-state index in [0.29, 0.717) is 13.0 Å². The zero-order valence-corrected chi connectivity index (χ0v) is 14.7. The number of carbonyl (C=O) groups is 1. The third kappa shape index (κ3) is 3.55. The lowest BCUT2D eigenvalue weighted by molar-refractivity contribution is 0.0991. The summed E-state index contributed by atoms with van der Waals surface area (Å²) in [5, 5.41) is 0. The first-order valence-corrected chi connectivity index (χ1v) is 9.20. The Morgan fingerprint density at radius 3 is 2.38 bits per heavy atom. The molecule has 1 aliphatic rings. The zero-order valence-electron chi connectivity index (χ0n) is 14.7. The smallest absolute Gasteiger partial charge is 0.164 e. The van der Waals surface area contributed by atoms with Crippen LogP contribution in [0.5, 0.6) is 5.75 Å². The van der Waals surface area contributed by atoms with Crippen molar-refractivity contribution in [2.24, 2.45) is 0 Å². The van der Waals surface area contributed by atoms with Crippen molar-refractivity contribution >= 4 is 5.78 Å². The summed E-state index contributed by atoms with van der Waals surface area (Å²) in [4.78, 5) is 12.5. The molecule has 0 amide bonds. The van der Waals surface area contributed by atoms with Crippen LogP contribution in [0.3, 0.4) is 0 Å².